The molecule has 0 amide bonds. The molecule has 0 aliphatic heterocycles. The number of rotatable bonds is 4. The molecule has 0 bridgehead atoms. The van der Waals surface area contributed by atoms with Gasteiger partial charge in [0.1, 0.15) is 5.78 Å². The third-order valence-corrected chi connectivity index (χ3v) is 10.1. The Labute approximate surface area is 169 Å². The highest BCUT2D eigenvalue weighted by Crippen LogP contribution is 2.67. The molecule has 0 aromatic rings. The lowest BCUT2D eigenvalue weighted by molar-refractivity contribution is -0.306. The minimum absolute atomic E-state index is 0.0980. The van der Waals surface area contributed by atoms with E-state index in [1.165, 1.54) is 12.8 Å². The summed E-state index contributed by atoms with van der Waals surface area (Å²) in [5.74, 6) is 2.14. The van der Waals surface area contributed by atoms with E-state index >= 15 is 0 Å². The van der Waals surface area contributed by atoms with E-state index in [0.29, 0.717) is 48.2 Å². The van der Waals surface area contributed by atoms with E-state index in [1.807, 2.05) is 0 Å². The average Bonchev–Trinajstić information content (AvgIpc) is 3.00. The van der Waals surface area contributed by atoms with Crippen LogP contribution in [0, 0.1) is 46.3 Å². The minimum atomic E-state index is -0.979. The van der Waals surface area contributed by atoms with Crippen LogP contribution < -0.4 is 5.11 Å². The van der Waals surface area contributed by atoms with Gasteiger partial charge in [0.2, 0.25) is 0 Å². The number of hydrogen-bond acceptors (Lipinski definition) is 4. The van der Waals surface area contributed by atoms with Gasteiger partial charge in [0.25, 0.3) is 0 Å². The van der Waals surface area contributed by atoms with Gasteiger partial charge >= 0.3 is 0 Å². The number of carbonyl (C=O) groups is 2. The average molecular weight is 390 g/mol. The summed E-state index contributed by atoms with van der Waals surface area (Å²) < 4.78 is 0. The van der Waals surface area contributed by atoms with Crippen molar-refractivity contribution in [3.05, 3.63) is 0 Å². The third-order valence-electron chi connectivity index (χ3n) is 10.1. The fourth-order valence-electron chi connectivity index (χ4n) is 8.43. The highest BCUT2D eigenvalue weighted by Gasteiger charge is 2.63. The lowest BCUT2D eigenvalue weighted by Gasteiger charge is -2.60. The lowest BCUT2D eigenvalue weighted by Crippen LogP contribution is -2.57. The number of fused-ring (bicyclic) bond motifs is 5. The van der Waals surface area contributed by atoms with Crippen LogP contribution in [0.1, 0.15) is 85.0 Å². The van der Waals surface area contributed by atoms with Gasteiger partial charge in [0.05, 0.1) is 6.10 Å². The Balaban J connectivity index is 1.57. The first-order chi connectivity index (χ1) is 13.2. The van der Waals surface area contributed by atoms with Crippen molar-refractivity contribution in [2.24, 2.45) is 46.3 Å². The van der Waals surface area contributed by atoms with Crippen LogP contribution in [0.4, 0.5) is 0 Å². The molecule has 4 heteroatoms. The van der Waals surface area contributed by atoms with Gasteiger partial charge in [-0.15, -0.1) is 0 Å². The van der Waals surface area contributed by atoms with E-state index in [2.05, 4.69) is 20.8 Å². The van der Waals surface area contributed by atoms with Crippen LogP contribution in [0.25, 0.3) is 0 Å². The van der Waals surface area contributed by atoms with Crippen LogP contribution in [-0.4, -0.2) is 23.0 Å². The van der Waals surface area contributed by atoms with Gasteiger partial charge < -0.3 is 15.0 Å². The molecule has 0 unspecified atom stereocenters. The largest absolute Gasteiger partial charge is 0.550 e. The number of aliphatic hydroxyl groups excluding tert-OH is 1. The molecule has 1 N–H and O–H groups in total. The van der Waals surface area contributed by atoms with Gasteiger partial charge in [-0.25, -0.2) is 0 Å². The Morgan fingerprint density at radius 1 is 1.18 bits per heavy atom. The normalized spacial score (nSPS) is 49.1. The van der Waals surface area contributed by atoms with Crippen molar-refractivity contribution in [2.45, 2.75) is 91.1 Å². The van der Waals surface area contributed by atoms with Crippen LogP contribution in [0.2, 0.25) is 0 Å². The smallest absolute Gasteiger partial charge is 0.139 e. The molecule has 0 heterocycles. The number of carbonyl (C=O) groups excluding carboxylic acids is 2. The summed E-state index contributed by atoms with van der Waals surface area (Å²) in [5.41, 5.74) is -0.0677. The summed E-state index contributed by atoms with van der Waals surface area (Å²) in [6, 6.07) is 0. The summed E-state index contributed by atoms with van der Waals surface area (Å²) >= 11 is 0. The number of aliphatic hydroxyl groups is 1. The fraction of sp³-hybridized carbons (Fsp3) is 0.917. The molecule has 28 heavy (non-hydrogen) atoms. The summed E-state index contributed by atoms with van der Waals surface area (Å²) in [5, 5.41) is 21.1. The number of carboxylic acid groups (broad SMARTS) is 1. The Morgan fingerprint density at radius 3 is 2.64 bits per heavy atom. The quantitative estimate of drug-likeness (QED) is 0.800. The molecule has 158 valence electrons. The molecule has 4 nitrogen and oxygen atoms in total. The first-order valence-electron chi connectivity index (χ1n) is 11.6. The molecule has 0 saturated heterocycles. The molecule has 4 saturated carbocycles. The lowest BCUT2D eigenvalue weighted by atomic mass is 9.44. The second kappa shape index (κ2) is 7.11. The fourth-order valence-corrected chi connectivity index (χ4v) is 8.43. The molecule has 4 rings (SSSR count). The maximum Gasteiger partial charge on any atom is 0.139 e. The van der Waals surface area contributed by atoms with E-state index < -0.39 is 5.97 Å². The van der Waals surface area contributed by atoms with Gasteiger partial charge in [-0.1, -0.05) is 20.8 Å². The van der Waals surface area contributed by atoms with Gasteiger partial charge in [-0.3, -0.25) is 4.79 Å². The Hall–Kier alpha value is -0.900. The van der Waals surface area contributed by atoms with Crippen molar-refractivity contribution in [1.82, 2.24) is 0 Å². The maximum absolute atomic E-state index is 13.6. The molecule has 0 spiro atoms. The van der Waals surface area contributed by atoms with E-state index in [0.717, 1.165) is 32.1 Å². The zero-order valence-electron chi connectivity index (χ0n) is 17.8. The monoisotopic (exact) mass is 389 g/mol. The van der Waals surface area contributed by atoms with Crippen molar-refractivity contribution in [2.75, 3.05) is 0 Å². The Morgan fingerprint density at radius 2 is 1.93 bits per heavy atom. The summed E-state index contributed by atoms with van der Waals surface area (Å²) in [7, 11) is 0. The van der Waals surface area contributed by atoms with Crippen molar-refractivity contribution < 1.29 is 19.8 Å². The van der Waals surface area contributed by atoms with Gasteiger partial charge in [-0.2, -0.15) is 0 Å². The number of aliphatic carboxylic acids is 1. The molecular formula is C24H37O4-. The van der Waals surface area contributed by atoms with Crippen LogP contribution >= 0.6 is 0 Å². The summed E-state index contributed by atoms with van der Waals surface area (Å²) in [4.78, 5) is 24.5. The van der Waals surface area contributed by atoms with E-state index in [4.69, 9.17) is 0 Å². The zero-order chi connectivity index (χ0) is 20.3. The number of hydrogen-bond donors (Lipinski definition) is 1. The molecular weight excluding hydrogens is 352 g/mol. The Bertz CT molecular complexity index is 645. The number of ketones is 1. The SMILES string of the molecule is C[C@@H](CCC(=O)[O-])[C@@H]1CC[C@H]2[C@H]3CC[C@H]4C[C@@H](O)CC[C@]4(C)[C@@H]3CC(=O)[C@@]21C. The maximum atomic E-state index is 13.6. The zero-order valence-corrected chi connectivity index (χ0v) is 17.8. The van der Waals surface area contributed by atoms with Gasteiger partial charge in [0.15, 0.2) is 0 Å². The Kier molecular flexibility index (Phi) is 5.17. The van der Waals surface area contributed by atoms with E-state index in [1.54, 1.807) is 0 Å². The first kappa shape index (κ1) is 20.4. The minimum Gasteiger partial charge on any atom is -0.550 e. The standard InChI is InChI=1S/C24H38O4/c1-14(4-9-22(27)28)18-7-8-19-17-6-5-15-12-16(25)10-11-23(15,2)20(17)13-21(26)24(18,19)3/h14-20,25H,4-13H2,1-3H3,(H,27,28)/p-1/t14-,15-,16-,17+,18-,19-,20+,23-,24+/m0/s1. The number of carboxylic acids is 1. The molecule has 4 fully saturated rings. The highest BCUT2D eigenvalue weighted by molar-refractivity contribution is 5.87. The van der Waals surface area contributed by atoms with Gasteiger partial charge in [0, 0.05) is 17.8 Å². The van der Waals surface area contributed by atoms with Crippen LogP contribution in [0.3, 0.4) is 0 Å². The van der Waals surface area contributed by atoms with Crippen LogP contribution in [0.5, 0.6) is 0 Å². The topological polar surface area (TPSA) is 77.4 Å². The summed E-state index contributed by atoms with van der Waals surface area (Å²) in [6.45, 7) is 6.76. The van der Waals surface area contributed by atoms with Crippen LogP contribution in [0.15, 0.2) is 0 Å². The van der Waals surface area contributed by atoms with Crippen molar-refractivity contribution in [3.63, 3.8) is 0 Å². The predicted octanol–water partition coefficient (Wildman–Crippen LogP) is 3.35. The first-order valence-corrected chi connectivity index (χ1v) is 11.6. The molecule has 4 aliphatic rings. The second-order valence-electron chi connectivity index (χ2n) is 11.1. The molecule has 9 atom stereocenters. The molecule has 4 aliphatic carbocycles. The second-order valence-corrected chi connectivity index (χ2v) is 11.1. The highest BCUT2D eigenvalue weighted by atomic mass is 16.4. The molecule has 0 aromatic heterocycles. The van der Waals surface area contributed by atoms with Crippen molar-refractivity contribution in [1.29, 1.82) is 0 Å². The molecule has 0 aromatic carbocycles. The van der Waals surface area contributed by atoms with Crippen molar-refractivity contribution in [3.8, 4) is 0 Å². The summed E-state index contributed by atoms with van der Waals surface area (Å²) in [6.07, 6.45) is 8.69. The third kappa shape index (κ3) is 2.97. The van der Waals surface area contributed by atoms with Crippen LogP contribution in [-0.2, 0) is 9.59 Å². The number of Topliss-reactive ketones (excluding diaryl/α,β-unsaturated/α-hetero) is 1. The van der Waals surface area contributed by atoms with E-state index in [9.17, 15) is 19.8 Å². The molecule has 0 radical (unpaired) electrons. The van der Waals surface area contributed by atoms with Gasteiger partial charge in [-0.05, 0) is 98.7 Å². The predicted molar refractivity (Wildman–Crippen MR) is 105 cm³/mol. The van der Waals surface area contributed by atoms with E-state index in [-0.39, 0.29) is 29.3 Å². The van der Waals surface area contributed by atoms with Crippen molar-refractivity contribution >= 4 is 11.8 Å².